The molecular weight excluding hydrogens is 348 g/mol. The number of aryl methyl sites for hydroxylation is 1. The first kappa shape index (κ1) is 18.3. The molecule has 3 aromatic rings. The molecule has 8 heteroatoms. The Morgan fingerprint density at radius 3 is 2.81 bits per heavy atom. The maximum absolute atomic E-state index is 11.8. The molecule has 0 aliphatic rings. The predicted octanol–water partition coefficient (Wildman–Crippen LogP) is 3.23. The van der Waals surface area contributed by atoms with Gasteiger partial charge in [-0.2, -0.15) is 5.10 Å². The zero-order valence-electron chi connectivity index (χ0n) is 15.8. The molecular formula is C18H24N6OS. The summed E-state index contributed by atoms with van der Waals surface area (Å²) in [4.78, 5) is 23.6. The summed E-state index contributed by atoms with van der Waals surface area (Å²) in [6.07, 6.45) is 4.51. The highest BCUT2D eigenvalue weighted by Gasteiger charge is 2.15. The second-order valence-corrected chi connectivity index (χ2v) is 7.86. The number of likely N-dealkylation sites (N-methyl/N-ethyl adjacent to an activating group) is 1. The van der Waals surface area contributed by atoms with Gasteiger partial charge in [0.25, 0.3) is 0 Å². The maximum atomic E-state index is 11.8. The second-order valence-electron chi connectivity index (χ2n) is 7.00. The van der Waals surface area contributed by atoms with E-state index >= 15 is 0 Å². The van der Waals surface area contributed by atoms with Gasteiger partial charge in [-0.15, -0.1) is 11.3 Å². The largest absolute Gasteiger partial charge is 0.347 e. The van der Waals surface area contributed by atoms with Gasteiger partial charge in [-0.05, 0) is 30.2 Å². The van der Waals surface area contributed by atoms with Gasteiger partial charge in [0.15, 0.2) is 0 Å². The van der Waals surface area contributed by atoms with Crippen LogP contribution in [0.2, 0.25) is 0 Å². The van der Waals surface area contributed by atoms with Crippen LogP contribution >= 0.6 is 11.3 Å². The third-order valence-electron chi connectivity index (χ3n) is 3.94. The van der Waals surface area contributed by atoms with E-state index in [4.69, 9.17) is 0 Å². The molecule has 0 atom stereocenters. The minimum Gasteiger partial charge on any atom is -0.347 e. The van der Waals surface area contributed by atoms with Crippen molar-refractivity contribution in [3.05, 3.63) is 29.2 Å². The van der Waals surface area contributed by atoms with E-state index in [1.807, 2.05) is 13.1 Å². The monoisotopic (exact) mass is 372 g/mol. The summed E-state index contributed by atoms with van der Waals surface area (Å²) in [5.41, 5.74) is 2.07. The Kier molecular flexibility index (Phi) is 5.22. The van der Waals surface area contributed by atoms with Crippen LogP contribution in [0.3, 0.4) is 0 Å². The zero-order chi connectivity index (χ0) is 18.8. The molecule has 3 rings (SSSR count). The first-order valence-corrected chi connectivity index (χ1v) is 9.45. The van der Waals surface area contributed by atoms with Crippen LogP contribution in [0.1, 0.15) is 25.2 Å². The molecule has 0 saturated heterocycles. The number of carbonyl (C=O) groups excluding carboxylic acids is 1. The molecule has 1 amide bonds. The van der Waals surface area contributed by atoms with Crippen LogP contribution in [0.5, 0.6) is 0 Å². The fraction of sp³-hybridized carbons (Fsp3) is 0.444. The lowest BCUT2D eigenvalue weighted by Crippen LogP contribution is -2.26. The van der Waals surface area contributed by atoms with Crippen molar-refractivity contribution in [1.82, 2.24) is 24.6 Å². The maximum Gasteiger partial charge on any atom is 0.243 e. The molecule has 0 bridgehead atoms. The predicted molar refractivity (Wildman–Crippen MR) is 105 cm³/mol. The lowest BCUT2D eigenvalue weighted by atomic mass is 10.0. The highest BCUT2D eigenvalue weighted by Crippen LogP contribution is 2.33. The van der Waals surface area contributed by atoms with Crippen LogP contribution in [-0.4, -0.2) is 44.7 Å². The average Bonchev–Trinajstić information content (AvgIpc) is 3.14. The van der Waals surface area contributed by atoms with Gasteiger partial charge in [-0.25, -0.2) is 9.97 Å². The van der Waals surface area contributed by atoms with Gasteiger partial charge in [0.2, 0.25) is 5.91 Å². The van der Waals surface area contributed by atoms with Gasteiger partial charge in [-0.1, -0.05) is 13.8 Å². The van der Waals surface area contributed by atoms with Crippen LogP contribution in [-0.2, 0) is 17.8 Å². The molecule has 0 aromatic carbocycles. The number of anilines is 2. The van der Waals surface area contributed by atoms with Gasteiger partial charge >= 0.3 is 0 Å². The van der Waals surface area contributed by atoms with E-state index in [2.05, 4.69) is 39.6 Å². The number of fused-ring (bicyclic) bond motifs is 1. The third-order valence-corrected chi connectivity index (χ3v) is 4.86. The van der Waals surface area contributed by atoms with Crippen molar-refractivity contribution in [2.45, 2.75) is 33.7 Å². The third kappa shape index (κ3) is 4.01. The fourth-order valence-corrected chi connectivity index (χ4v) is 3.72. The van der Waals surface area contributed by atoms with Gasteiger partial charge in [-0.3, -0.25) is 9.48 Å². The number of hydrogen-bond donors (Lipinski definition) is 1. The number of amides is 1. The van der Waals surface area contributed by atoms with Crippen LogP contribution in [0.15, 0.2) is 17.8 Å². The van der Waals surface area contributed by atoms with E-state index in [1.165, 1.54) is 5.56 Å². The highest BCUT2D eigenvalue weighted by molar-refractivity contribution is 7.17. The van der Waals surface area contributed by atoms with Crippen molar-refractivity contribution < 1.29 is 4.79 Å². The molecule has 0 radical (unpaired) electrons. The van der Waals surface area contributed by atoms with Crippen molar-refractivity contribution in [3.8, 4) is 0 Å². The van der Waals surface area contributed by atoms with Crippen LogP contribution in [0.25, 0.3) is 10.2 Å². The normalized spacial score (nSPS) is 11.3. The average molecular weight is 372 g/mol. The fourth-order valence-electron chi connectivity index (χ4n) is 2.72. The molecule has 0 fully saturated rings. The Hall–Kier alpha value is -2.48. The molecule has 0 unspecified atom stereocenters. The quantitative estimate of drug-likeness (QED) is 0.719. The van der Waals surface area contributed by atoms with Gasteiger partial charge in [0, 0.05) is 20.3 Å². The summed E-state index contributed by atoms with van der Waals surface area (Å²) in [6.45, 7) is 6.52. The number of nitrogens with one attached hydrogen (secondary N) is 1. The van der Waals surface area contributed by atoms with Crippen LogP contribution in [0, 0.1) is 12.8 Å². The Labute approximate surface area is 157 Å². The summed E-state index contributed by atoms with van der Waals surface area (Å²) in [6, 6.07) is 0. The standard InChI is InChI=1S/C18H24N6OS/c1-11(2)6-13-10-26-18-16(13)17(20-12(3)21-18)22-14-7-19-24(8-14)9-15(25)23(4)5/h7-8,10-11H,6,9H2,1-5H3,(H,20,21,22). The van der Waals surface area contributed by atoms with E-state index < -0.39 is 0 Å². The molecule has 138 valence electrons. The number of aromatic nitrogens is 4. The zero-order valence-corrected chi connectivity index (χ0v) is 16.6. The van der Waals surface area contributed by atoms with E-state index in [-0.39, 0.29) is 12.5 Å². The van der Waals surface area contributed by atoms with E-state index in [0.717, 1.165) is 34.0 Å². The smallest absolute Gasteiger partial charge is 0.243 e. The van der Waals surface area contributed by atoms with Crippen LogP contribution in [0.4, 0.5) is 11.5 Å². The summed E-state index contributed by atoms with van der Waals surface area (Å²) in [5.74, 6) is 2.08. The summed E-state index contributed by atoms with van der Waals surface area (Å²) in [5, 5.41) is 10.9. The Balaban J connectivity index is 1.90. The minimum absolute atomic E-state index is 0.00280. The molecule has 7 nitrogen and oxygen atoms in total. The molecule has 1 N–H and O–H groups in total. The summed E-state index contributed by atoms with van der Waals surface area (Å²) >= 11 is 1.65. The van der Waals surface area contributed by atoms with Crippen molar-refractivity contribution in [2.75, 3.05) is 19.4 Å². The van der Waals surface area contributed by atoms with E-state index in [9.17, 15) is 4.79 Å². The van der Waals surface area contributed by atoms with Crippen molar-refractivity contribution in [3.63, 3.8) is 0 Å². The Morgan fingerprint density at radius 2 is 2.12 bits per heavy atom. The number of nitrogens with zero attached hydrogens (tertiary/aromatic N) is 5. The SMILES string of the molecule is Cc1nc(Nc2cnn(CC(=O)N(C)C)c2)c2c(CC(C)C)csc2n1. The molecule has 0 aliphatic heterocycles. The molecule has 3 heterocycles. The Bertz CT molecular complexity index is 927. The second kappa shape index (κ2) is 7.41. The Morgan fingerprint density at radius 1 is 1.35 bits per heavy atom. The van der Waals surface area contributed by atoms with E-state index in [1.54, 1.807) is 41.2 Å². The van der Waals surface area contributed by atoms with Crippen LogP contribution < -0.4 is 5.32 Å². The molecule has 26 heavy (non-hydrogen) atoms. The number of carbonyl (C=O) groups is 1. The van der Waals surface area contributed by atoms with Crippen molar-refractivity contribution in [1.29, 1.82) is 0 Å². The van der Waals surface area contributed by atoms with Crippen molar-refractivity contribution in [2.24, 2.45) is 5.92 Å². The number of thiophene rings is 1. The van der Waals surface area contributed by atoms with Gasteiger partial charge < -0.3 is 10.2 Å². The number of rotatable bonds is 6. The lowest BCUT2D eigenvalue weighted by molar-refractivity contribution is -0.129. The van der Waals surface area contributed by atoms with Gasteiger partial charge in [0.05, 0.1) is 17.3 Å². The van der Waals surface area contributed by atoms with Crippen molar-refractivity contribution >= 4 is 39.0 Å². The molecule has 0 spiro atoms. The van der Waals surface area contributed by atoms with E-state index in [0.29, 0.717) is 5.92 Å². The highest BCUT2D eigenvalue weighted by atomic mass is 32.1. The summed E-state index contributed by atoms with van der Waals surface area (Å²) in [7, 11) is 3.47. The molecule has 3 aromatic heterocycles. The summed E-state index contributed by atoms with van der Waals surface area (Å²) < 4.78 is 1.62. The topological polar surface area (TPSA) is 75.9 Å². The lowest BCUT2D eigenvalue weighted by Gasteiger charge is -2.10. The number of hydrogen-bond acceptors (Lipinski definition) is 6. The first-order valence-electron chi connectivity index (χ1n) is 8.58. The first-order chi connectivity index (χ1) is 12.3. The van der Waals surface area contributed by atoms with Gasteiger partial charge in [0.1, 0.15) is 23.0 Å². The minimum atomic E-state index is -0.00280. The molecule has 0 aliphatic carbocycles. The molecule has 0 saturated carbocycles.